The van der Waals surface area contributed by atoms with Gasteiger partial charge in [-0.25, -0.2) is 8.78 Å². The number of hydrogen-bond acceptors (Lipinski definition) is 1. The van der Waals surface area contributed by atoms with E-state index in [4.69, 9.17) is 0 Å². The predicted molar refractivity (Wildman–Crippen MR) is 76.5 cm³/mol. The van der Waals surface area contributed by atoms with Gasteiger partial charge < -0.3 is 5.32 Å². The van der Waals surface area contributed by atoms with E-state index in [-0.39, 0.29) is 0 Å². The molecule has 3 rings (SSSR count). The Morgan fingerprint density at radius 1 is 1.15 bits per heavy atom. The first-order valence-corrected chi connectivity index (χ1v) is 7.88. The smallest absolute Gasteiger partial charge is 0.159 e. The Kier molecular flexibility index (Phi) is 4.06. The van der Waals surface area contributed by atoms with Gasteiger partial charge in [-0.1, -0.05) is 25.8 Å². The monoisotopic (exact) mass is 279 g/mol. The van der Waals surface area contributed by atoms with Crippen LogP contribution in [0.5, 0.6) is 0 Å². The van der Waals surface area contributed by atoms with Crippen LogP contribution in [-0.2, 0) is 6.42 Å². The largest absolute Gasteiger partial charge is 0.314 e. The van der Waals surface area contributed by atoms with Crippen molar-refractivity contribution in [3.05, 3.63) is 35.4 Å². The molecule has 0 aromatic heterocycles. The van der Waals surface area contributed by atoms with E-state index in [1.807, 2.05) is 0 Å². The van der Waals surface area contributed by atoms with Gasteiger partial charge in [0, 0.05) is 6.04 Å². The molecule has 3 unspecified atom stereocenters. The van der Waals surface area contributed by atoms with E-state index >= 15 is 0 Å². The summed E-state index contributed by atoms with van der Waals surface area (Å²) in [6, 6.07) is 4.73. The van der Waals surface area contributed by atoms with Crippen LogP contribution in [0.25, 0.3) is 0 Å². The molecule has 1 N–H and O–H groups in total. The van der Waals surface area contributed by atoms with Gasteiger partial charge in [-0.3, -0.25) is 0 Å². The molecule has 3 heteroatoms. The van der Waals surface area contributed by atoms with E-state index in [2.05, 4.69) is 12.2 Å². The van der Waals surface area contributed by atoms with Gasteiger partial charge in [-0.15, -0.1) is 0 Å². The van der Waals surface area contributed by atoms with Gasteiger partial charge >= 0.3 is 0 Å². The van der Waals surface area contributed by atoms with Gasteiger partial charge in [0.2, 0.25) is 0 Å². The molecule has 0 amide bonds. The number of nitrogens with one attached hydrogen (secondary N) is 1. The van der Waals surface area contributed by atoms with Crippen molar-refractivity contribution in [2.45, 2.75) is 45.1 Å². The molecule has 2 aliphatic carbocycles. The maximum absolute atomic E-state index is 13.3. The van der Waals surface area contributed by atoms with Crippen LogP contribution >= 0.6 is 0 Å². The summed E-state index contributed by atoms with van der Waals surface area (Å²) in [4.78, 5) is 0. The quantitative estimate of drug-likeness (QED) is 0.861. The van der Waals surface area contributed by atoms with E-state index in [9.17, 15) is 8.78 Å². The first kappa shape index (κ1) is 14.0. The second kappa shape index (κ2) is 5.80. The normalized spacial score (nSPS) is 29.9. The third kappa shape index (κ3) is 2.73. The number of rotatable bonds is 5. The molecular formula is C17H23F2N. The molecule has 0 bridgehead atoms. The van der Waals surface area contributed by atoms with Crippen molar-refractivity contribution in [1.82, 2.24) is 5.32 Å². The van der Waals surface area contributed by atoms with E-state index in [1.54, 1.807) is 6.07 Å². The lowest BCUT2D eigenvalue weighted by molar-refractivity contribution is 0.435. The van der Waals surface area contributed by atoms with Crippen LogP contribution in [0, 0.1) is 29.4 Å². The third-order valence-electron chi connectivity index (χ3n) is 5.09. The fraction of sp³-hybridized carbons (Fsp3) is 0.647. The number of halogens is 2. The zero-order chi connectivity index (χ0) is 14.1. The third-order valence-corrected chi connectivity index (χ3v) is 5.09. The van der Waals surface area contributed by atoms with Crippen LogP contribution in [0.3, 0.4) is 0 Å². The second-order valence-electron chi connectivity index (χ2n) is 6.31. The van der Waals surface area contributed by atoms with Crippen molar-refractivity contribution in [2.24, 2.45) is 17.8 Å². The fourth-order valence-electron chi connectivity index (χ4n) is 4.17. The number of benzene rings is 1. The highest BCUT2D eigenvalue weighted by Gasteiger charge is 2.53. The number of fused-ring (bicyclic) bond motifs is 1. The Morgan fingerprint density at radius 3 is 2.45 bits per heavy atom. The molecule has 1 aromatic carbocycles. The number of likely N-dealkylation sites (N-methyl/N-ethyl adjacent to an activating group) is 1. The fourth-order valence-corrected chi connectivity index (χ4v) is 4.17. The Bertz CT molecular complexity index is 462. The maximum atomic E-state index is 13.3. The van der Waals surface area contributed by atoms with Crippen LogP contribution in [0.4, 0.5) is 8.78 Å². The van der Waals surface area contributed by atoms with Crippen molar-refractivity contribution < 1.29 is 8.78 Å². The second-order valence-corrected chi connectivity index (χ2v) is 6.31. The molecular weight excluding hydrogens is 256 g/mol. The molecule has 20 heavy (non-hydrogen) atoms. The minimum absolute atomic E-state index is 0.415. The summed E-state index contributed by atoms with van der Waals surface area (Å²) in [5.74, 6) is 1.00. The molecule has 0 spiro atoms. The lowest BCUT2D eigenvalue weighted by atomic mass is 9.99. The Morgan fingerprint density at radius 2 is 1.85 bits per heavy atom. The molecule has 0 radical (unpaired) electrons. The molecule has 0 saturated heterocycles. The maximum Gasteiger partial charge on any atom is 0.159 e. The molecule has 3 atom stereocenters. The van der Waals surface area contributed by atoms with Crippen LogP contribution in [-0.4, -0.2) is 12.6 Å². The summed E-state index contributed by atoms with van der Waals surface area (Å²) < 4.78 is 26.3. The van der Waals surface area contributed by atoms with Crippen molar-refractivity contribution in [1.29, 1.82) is 0 Å². The van der Waals surface area contributed by atoms with Crippen LogP contribution < -0.4 is 5.32 Å². The molecule has 2 aliphatic rings. The van der Waals surface area contributed by atoms with Gasteiger partial charge in [0.1, 0.15) is 0 Å². The van der Waals surface area contributed by atoms with Crippen molar-refractivity contribution >= 4 is 0 Å². The van der Waals surface area contributed by atoms with Crippen molar-refractivity contribution in [3.63, 3.8) is 0 Å². The minimum atomic E-state index is -0.756. The highest BCUT2D eigenvalue weighted by atomic mass is 19.2. The molecule has 110 valence electrons. The summed E-state index contributed by atoms with van der Waals surface area (Å²) in [6.45, 7) is 3.05. The van der Waals surface area contributed by atoms with Gasteiger partial charge in [0.05, 0.1) is 0 Å². The van der Waals surface area contributed by atoms with Crippen LogP contribution in [0.1, 0.15) is 38.2 Å². The first-order chi connectivity index (χ1) is 9.70. The zero-order valence-electron chi connectivity index (χ0n) is 12.0. The number of hydrogen-bond donors (Lipinski definition) is 1. The van der Waals surface area contributed by atoms with Gasteiger partial charge in [-0.05, 0) is 61.3 Å². The molecule has 2 saturated carbocycles. The molecule has 1 aromatic rings. The molecule has 0 heterocycles. The van der Waals surface area contributed by atoms with Gasteiger partial charge in [0.25, 0.3) is 0 Å². The first-order valence-electron chi connectivity index (χ1n) is 7.88. The van der Waals surface area contributed by atoms with E-state index in [0.29, 0.717) is 6.04 Å². The minimum Gasteiger partial charge on any atom is -0.314 e. The molecule has 1 nitrogen and oxygen atoms in total. The highest BCUT2D eigenvalue weighted by Crippen LogP contribution is 2.57. The van der Waals surface area contributed by atoms with Crippen LogP contribution in [0.2, 0.25) is 0 Å². The van der Waals surface area contributed by atoms with Crippen molar-refractivity contribution in [2.75, 3.05) is 6.54 Å². The van der Waals surface area contributed by atoms with Gasteiger partial charge in [-0.2, -0.15) is 0 Å². The Labute approximate surface area is 119 Å². The summed E-state index contributed by atoms with van der Waals surface area (Å²) >= 11 is 0. The Balaban J connectivity index is 1.69. The lowest BCUT2D eigenvalue weighted by Crippen LogP contribution is -2.34. The topological polar surface area (TPSA) is 12.0 Å². The van der Waals surface area contributed by atoms with E-state index < -0.39 is 11.6 Å². The zero-order valence-corrected chi connectivity index (χ0v) is 12.0. The summed E-state index contributed by atoms with van der Waals surface area (Å²) in [5.41, 5.74) is 0.901. The van der Waals surface area contributed by atoms with E-state index in [0.717, 1.165) is 36.3 Å². The van der Waals surface area contributed by atoms with Gasteiger partial charge in [0.15, 0.2) is 11.6 Å². The van der Waals surface area contributed by atoms with E-state index in [1.165, 1.54) is 37.8 Å². The predicted octanol–water partition coefficient (Wildman–Crippen LogP) is 3.92. The lowest BCUT2D eigenvalue weighted by Gasteiger charge is -2.18. The average molecular weight is 279 g/mol. The summed E-state index contributed by atoms with van der Waals surface area (Å²) in [7, 11) is 0. The summed E-state index contributed by atoms with van der Waals surface area (Å²) in [5, 5.41) is 3.57. The van der Waals surface area contributed by atoms with Crippen LogP contribution in [0.15, 0.2) is 18.2 Å². The Hall–Kier alpha value is -0.960. The summed E-state index contributed by atoms with van der Waals surface area (Å²) in [6.07, 6.45) is 6.25. The standard InChI is InChI=1S/C17H23F2N/c1-2-20-16(17-12-5-3-4-6-13(12)17)10-11-7-8-14(18)15(19)9-11/h7-9,12-13,16-17,20H,2-6,10H2,1H3. The molecule has 2 fully saturated rings. The SMILES string of the molecule is CCNC(Cc1ccc(F)c(F)c1)C1C2CCCCC21. The van der Waals surface area contributed by atoms with Crippen molar-refractivity contribution in [3.8, 4) is 0 Å². The molecule has 0 aliphatic heterocycles. The highest BCUT2D eigenvalue weighted by molar-refractivity contribution is 5.20. The average Bonchev–Trinajstić information content (AvgIpc) is 3.17.